The molecule has 0 amide bonds. The molecule has 2 aliphatic heterocycles. The van der Waals surface area contributed by atoms with Crippen molar-refractivity contribution >= 4 is 38.3 Å². The van der Waals surface area contributed by atoms with Gasteiger partial charge in [-0.2, -0.15) is 4.31 Å². The lowest BCUT2D eigenvalue weighted by Crippen LogP contribution is -2.56. The van der Waals surface area contributed by atoms with Crippen LogP contribution in [0.25, 0.3) is 0 Å². The summed E-state index contributed by atoms with van der Waals surface area (Å²) in [5, 5.41) is 11.3. The van der Waals surface area contributed by atoms with Gasteiger partial charge in [-0.15, -0.1) is 0 Å². The van der Waals surface area contributed by atoms with Crippen LogP contribution in [0.3, 0.4) is 0 Å². The molecule has 3 fully saturated rings. The predicted molar refractivity (Wildman–Crippen MR) is 110 cm³/mol. The first-order valence-electron chi connectivity index (χ1n) is 9.39. The molecular weight excluding hydrogens is 499 g/mol. The van der Waals surface area contributed by atoms with E-state index in [9.17, 15) is 18.5 Å². The average molecular weight is 522 g/mol. The predicted octanol–water partition coefficient (Wildman–Crippen LogP) is 2.81. The minimum atomic E-state index is -3.95. The summed E-state index contributed by atoms with van der Waals surface area (Å²) in [6.45, 7) is 4.03. The lowest BCUT2D eigenvalue weighted by molar-refractivity contribution is -0.387. The van der Waals surface area contributed by atoms with Gasteiger partial charge in [0.05, 0.1) is 18.1 Å². The highest BCUT2D eigenvalue weighted by Gasteiger charge is 2.53. The molecule has 0 radical (unpaired) electrons. The summed E-state index contributed by atoms with van der Waals surface area (Å²) >= 11 is 2.32. The van der Waals surface area contributed by atoms with Gasteiger partial charge in [-0.3, -0.25) is 10.1 Å². The van der Waals surface area contributed by atoms with Crippen molar-refractivity contribution in [3.05, 3.63) is 34.4 Å². The third-order valence-electron chi connectivity index (χ3n) is 6.21. The number of nitrogens with zero attached hydrogens (tertiary/aromatic N) is 2. The highest BCUT2D eigenvalue weighted by Crippen LogP contribution is 2.50. The maximum absolute atomic E-state index is 13.3. The average Bonchev–Trinajstić information content (AvgIpc) is 3.10. The number of ether oxygens (including phenoxy) is 2. The molecular formula is C18H23IN2O6S. The lowest BCUT2D eigenvalue weighted by atomic mass is 9.67. The van der Waals surface area contributed by atoms with Crippen molar-refractivity contribution < 1.29 is 22.8 Å². The van der Waals surface area contributed by atoms with E-state index >= 15 is 0 Å². The fourth-order valence-corrected chi connectivity index (χ4v) is 8.09. The van der Waals surface area contributed by atoms with E-state index in [1.165, 1.54) is 28.6 Å². The third kappa shape index (κ3) is 3.47. The number of hydrogen-bond acceptors (Lipinski definition) is 6. The molecule has 28 heavy (non-hydrogen) atoms. The molecule has 154 valence electrons. The molecule has 4 rings (SSSR count). The molecule has 1 saturated carbocycles. The molecule has 10 heteroatoms. The largest absolute Gasteiger partial charge is 0.348 e. The van der Waals surface area contributed by atoms with Gasteiger partial charge in [-0.05, 0) is 23.8 Å². The Morgan fingerprint density at radius 3 is 2.54 bits per heavy atom. The first-order valence-corrected chi connectivity index (χ1v) is 12.1. The van der Waals surface area contributed by atoms with Gasteiger partial charge in [0.15, 0.2) is 10.7 Å². The lowest BCUT2D eigenvalue weighted by Gasteiger charge is -2.51. The summed E-state index contributed by atoms with van der Waals surface area (Å²) in [5.41, 5.74) is -0.377. The molecule has 0 aromatic heterocycles. The second-order valence-corrected chi connectivity index (χ2v) is 11.4. The van der Waals surface area contributed by atoms with Crippen LogP contribution in [-0.2, 0) is 19.5 Å². The van der Waals surface area contributed by atoms with E-state index < -0.39 is 20.7 Å². The monoisotopic (exact) mass is 522 g/mol. The van der Waals surface area contributed by atoms with Gasteiger partial charge in [-0.25, -0.2) is 8.42 Å². The molecule has 2 saturated heterocycles. The Hall–Kier alpha value is -0.820. The van der Waals surface area contributed by atoms with Crippen molar-refractivity contribution in [1.29, 1.82) is 0 Å². The second-order valence-electron chi connectivity index (χ2n) is 7.88. The van der Waals surface area contributed by atoms with Crippen molar-refractivity contribution in [2.24, 2.45) is 17.8 Å². The summed E-state index contributed by atoms with van der Waals surface area (Å²) in [6.07, 6.45) is 1.52. The second kappa shape index (κ2) is 7.46. The van der Waals surface area contributed by atoms with E-state index in [1.54, 1.807) is 0 Å². The van der Waals surface area contributed by atoms with E-state index in [1.807, 2.05) is 0 Å². The number of piperidine rings is 1. The number of rotatable bonds is 3. The molecule has 1 aromatic rings. The topological polar surface area (TPSA) is 99.0 Å². The van der Waals surface area contributed by atoms with E-state index in [4.69, 9.17) is 9.47 Å². The van der Waals surface area contributed by atoms with Crippen LogP contribution < -0.4 is 0 Å². The van der Waals surface area contributed by atoms with Gasteiger partial charge in [-0.1, -0.05) is 41.6 Å². The Bertz CT molecular complexity index is 873. The van der Waals surface area contributed by atoms with Crippen molar-refractivity contribution in [3.8, 4) is 0 Å². The molecule has 0 unspecified atom stereocenters. The zero-order valence-electron chi connectivity index (χ0n) is 15.5. The van der Waals surface area contributed by atoms with Crippen LogP contribution in [0.1, 0.15) is 19.8 Å². The van der Waals surface area contributed by atoms with Gasteiger partial charge in [0, 0.05) is 35.9 Å². The molecule has 3 aliphatic rings. The fourth-order valence-electron chi connectivity index (χ4n) is 4.90. The van der Waals surface area contributed by atoms with Gasteiger partial charge in [0.25, 0.3) is 5.69 Å². The number of nitro benzene ring substituents is 1. The first-order chi connectivity index (χ1) is 13.2. The van der Waals surface area contributed by atoms with Crippen LogP contribution in [0.5, 0.6) is 0 Å². The summed E-state index contributed by atoms with van der Waals surface area (Å²) in [7, 11) is -3.95. The maximum Gasteiger partial charge on any atom is 0.289 e. The SMILES string of the molecule is C[C@H]1CC2(C[C@@H]3[C@@H]1CN(S(=O)(=O)c1ccccc1[N+](=O)[O-])C[C@@H]3I)OCCO2. The van der Waals surface area contributed by atoms with Crippen molar-refractivity contribution in [1.82, 2.24) is 4.31 Å². The van der Waals surface area contributed by atoms with Gasteiger partial charge in [0.1, 0.15) is 0 Å². The van der Waals surface area contributed by atoms with Crippen LogP contribution in [0, 0.1) is 27.9 Å². The molecule has 1 spiro atoms. The number of sulfonamides is 1. The number of para-hydroxylation sites is 1. The Morgan fingerprint density at radius 1 is 1.18 bits per heavy atom. The Kier molecular flexibility index (Phi) is 5.45. The van der Waals surface area contributed by atoms with Crippen LogP contribution in [0.2, 0.25) is 0 Å². The van der Waals surface area contributed by atoms with Crippen LogP contribution in [0.15, 0.2) is 29.2 Å². The number of alkyl halides is 1. The Balaban J connectivity index is 1.62. The third-order valence-corrected chi connectivity index (χ3v) is 9.41. The molecule has 4 atom stereocenters. The van der Waals surface area contributed by atoms with Crippen molar-refractivity contribution in [2.45, 2.75) is 34.4 Å². The summed E-state index contributed by atoms with van der Waals surface area (Å²) in [5.74, 6) is 0.174. The molecule has 2 heterocycles. The standard InChI is InChI=1S/C18H23IN2O6S/c1-12-8-18(26-6-7-27-18)9-13-14(12)10-20(11-15(13)19)28(24,25)17-5-3-2-4-16(17)21(22)23/h2-5,12-15H,6-11H2,1H3/t12-,13+,14+,15-/m0/s1. The van der Waals surface area contributed by atoms with Crippen LogP contribution in [0.4, 0.5) is 5.69 Å². The number of fused-ring (bicyclic) bond motifs is 1. The quantitative estimate of drug-likeness (QED) is 0.262. The Labute approximate surface area is 177 Å². The maximum atomic E-state index is 13.3. The smallest absolute Gasteiger partial charge is 0.289 e. The summed E-state index contributed by atoms with van der Waals surface area (Å²) in [6, 6.07) is 5.56. The summed E-state index contributed by atoms with van der Waals surface area (Å²) < 4.78 is 39.9. The fraction of sp³-hybridized carbons (Fsp3) is 0.667. The van der Waals surface area contributed by atoms with Gasteiger partial charge >= 0.3 is 0 Å². The molecule has 8 nitrogen and oxygen atoms in total. The van der Waals surface area contributed by atoms with E-state index in [0.717, 1.165) is 12.8 Å². The summed E-state index contributed by atoms with van der Waals surface area (Å²) in [4.78, 5) is 10.5. The zero-order valence-corrected chi connectivity index (χ0v) is 18.5. The molecule has 0 bridgehead atoms. The number of benzene rings is 1. The molecule has 1 aliphatic carbocycles. The highest BCUT2D eigenvalue weighted by atomic mass is 127. The van der Waals surface area contributed by atoms with Crippen molar-refractivity contribution in [2.75, 3.05) is 26.3 Å². The minimum absolute atomic E-state index is 0.0846. The number of halogens is 1. The number of nitro groups is 1. The van der Waals surface area contributed by atoms with E-state index in [2.05, 4.69) is 29.5 Å². The minimum Gasteiger partial charge on any atom is -0.348 e. The van der Waals surface area contributed by atoms with Crippen LogP contribution in [-0.4, -0.2) is 53.7 Å². The van der Waals surface area contributed by atoms with Gasteiger partial charge in [0.2, 0.25) is 10.0 Å². The highest BCUT2D eigenvalue weighted by molar-refractivity contribution is 14.1. The van der Waals surface area contributed by atoms with Crippen LogP contribution >= 0.6 is 22.6 Å². The molecule has 1 aromatic carbocycles. The molecule has 0 N–H and O–H groups in total. The zero-order chi connectivity index (χ0) is 20.1. The van der Waals surface area contributed by atoms with E-state index in [0.29, 0.717) is 32.2 Å². The van der Waals surface area contributed by atoms with Gasteiger partial charge < -0.3 is 9.47 Å². The normalized spacial score (nSPS) is 32.9. The van der Waals surface area contributed by atoms with Crippen molar-refractivity contribution in [3.63, 3.8) is 0 Å². The Morgan fingerprint density at radius 2 is 1.86 bits per heavy atom. The van der Waals surface area contributed by atoms with E-state index in [-0.39, 0.29) is 26.3 Å². The number of hydrogen-bond donors (Lipinski definition) is 0. The first kappa shape index (κ1) is 20.5.